The van der Waals surface area contributed by atoms with E-state index in [0.717, 1.165) is 10.0 Å². The van der Waals surface area contributed by atoms with E-state index in [9.17, 15) is 13.2 Å². The fourth-order valence-corrected chi connectivity index (χ4v) is 4.68. The molecule has 1 aliphatic heterocycles. The molecule has 1 aliphatic rings. The van der Waals surface area contributed by atoms with Gasteiger partial charge in [-0.1, -0.05) is 52.3 Å². The van der Waals surface area contributed by atoms with Gasteiger partial charge in [0.25, 0.3) is 5.91 Å². The Kier molecular flexibility index (Phi) is 7.92. The van der Waals surface area contributed by atoms with Gasteiger partial charge in [-0.05, 0) is 35.9 Å². The zero-order valence-electron chi connectivity index (χ0n) is 16.3. The number of nitrogens with zero attached hydrogens (tertiary/aromatic N) is 3. The minimum absolute atomic E-state index is 0.173. The second-order valence-electron chi connectivity index (χ2n) is 6.72. The van der Waals surface area contributed by atoms with Crippen molar-refractivity contribution < 1.29 is 13.2 Å². The third-order valence-electron chi connectivity index (χ3n) is 4.59. The fraction of sp³-hybridized carbons (Fsp3) is 0.238. The van der Waals surface area contributed by atoms with Gasteiger partial charge in [0.2, 0.25) is 10.0 Å². The van der Waals surface area contributed by atoms with Crippen LogP contribution in [0.25, 0.3) is 6.08 Å². The van der Waals surface area contributed by atoms with Crippen LogP contribution in [0.15, 0.2) is 75.1 Å². The van der Waals surface area contributed by atoms with Gasteiger partial charge in [-0.15, -0.1) is 0 Å². The van der Waals surface area contributed by atoms with Crippen LogP contribution >= 0.6 is 15.9 Å². The Hall–Kier alpha value is -2.33. The SMILES string of the molecule is O=C(CN1CCN(S(=O)(=O)c2ccc(Br)cc2)CC1)NN=CC=Cc1ccccc1. The molecule has 1 fully saturated rings. The minimum atomic E-state index is -3.52. The highest BCUT2D eigenvalue weighted by molar-refractivity contribution is 9.10. The number of carbonyl (C=O) groups is 1. The molecule has 30 heavy (non-hydrogen) atoms. The molecule has 158 valence electrons. The molecular weight excluding hydrogens is 468 g/mol. The molecule has 0 spiro atoms. The quantitative estimate of drug-likeness (QED) is 0.477. The molecule has 0 bridgehead atoms. The molecule has 1 heterocycles. The minimum Gasteiger partial charge on any atom is -0.292 e. The lowest BCUT2D eigenvalue weighted by Crippen LogP contribution is -2.50. The van der Waals surface area contributed by atoms with E-state index in [1.165, 1.54) is 10.5 Å². The first-order chi connectivity index (χ1) is 14.4. The number of halogens is 1. The van der Waals surface area contributed by atoms with Crippen LogP contribution in [0.4, 0.5) is 0 Å². The van der Waals surface area contributed by atoms with E-state index in [1.807, 2.05) is 41.3 Å². The number of carbonyl (C=O) groups excluding carboxylic acids is 1. The van der Waals surface area contributed by atoms with E-state index in [0.29, 0.717) is 26.2 Å². The molecule has 2 aromatic rings. The predicted molar refractivity (Wildman–Crippen MR) is 121 cm³/mol. The van der Waals surface area contributed by atoms with E-state index < -0.39 is 10.0 Å². The van der Waals surface area contributed by atoms with Crippen molar-refractivity contribution in [3.05, 3.63) is 70.7 Å². The molecule has 0 atom stereocenters. The largest absolute Gasteiger partial charge is 0.292 e. The van der Waals surface area contributed by atoms with Gasteiger partial charge in [-0.3, -0.25) is 9.69 Å². The normalized spacial score (nSPS) is 16.3. The molecule has 1 amide bonds. The van der Waals surface area contributed by atoms with E-state index in [4.69, 9.17) is 0 Å². The summed E-state index contributed by atoms with van der Waals surface area (Å²) in [5.74, 6) is -0.233. The molecule has 0 aromatic heterocycles. The number of hydrogen-bond acceptors (Lipinski definition) is 5. The second-order valence-corrected chi connectivity index (χ2v) is 9.57. The lowest BCUT2D eigenvalue weighted by Gasteiger charge is -2.33. The zero-order valence-corrected chi connectivity index (χ0v) is 18.7. The van der Waals surface area contributed by atoms with Gasteiger partial charge in [0.05, 0.1) is 11.4 Å². The number of rotatable bonds is 7. The van der Waals surface area contributed by atoms with Crippen LogP contribution in [0.1, 0.15) is 5.56 Å². The third-order valence-corrected chi connectivity index (χ3v) is 7.03. The topological polar surface area (TPSA) is 82.1 Å². The average molecular weight is 491 g/mol. The predicted octanol–water partition coefficient (Wildman–Crippen LogP) is 2.57. The number of nitrogens with one attached hydrogen (secondary N) is 1. The maximum atomic E-state index is 12.7. The summed E-state index contributed by atoms with van der Waals surface area (Å²) in [5.41, 5.74) is 3.54. The molecule has 3 rings (SSSR count). The Balaban J connectivity index is 1.43. The lowest BCUT2D eigenvalue weighted by molar-refractivity contribution is -0.122. The summed E-state index contributed by atoms with van der Waals surface area (Å²) in [5, 5.41) is 3.90. The van der Waals surface area contributed by atoms with Crippen molar-refractivity contribution in [2.75, 3.05) is 32.7 Å². The van der Waals surface area contributed by atoms with Crippen LogP contribution in [-0.4, -0.2) is 62.5 Å². The van der Waals surface area contributed by atoms with Gasteiger partial charge in [0.1, 0.15) is 0 Å². The molecular formula is C21H23BrN4O3S. The number of piperazine rings is 1. The van der Waals surface area contributed by atoms with Gasteiger partial charge in [0.15, 0.2) is 0 Å². The molecule has 7 nitrogen and oxygen atoms in total. The Morgan fingerprint density at radius 2 is 1.70 bits per heavy atom. The molecule has 0 saturated carbocycles. The standard InChI is InChI=1S/C21H23BrN4O3S/c22-19-8-10-20(11-9-19)30(28,29)26-15-13-25(14-16-26)17-21(27)24-23-12-4-7-18-5-2-1-3-6-18/h1-12H,13-17H2,(H,24,27). The van der Waals surface area contributed by atoms with Crippen LogP contribution < -0.4 is 5.43 Å². The monoisotopic (exact) mass is 490 g/mol. The van der Waals surface area contributed by atoms with Crippen LogP contribution in [0, 0.1) is 0 Å². The van der Waals surface area contributed by atoms with E-state index >= 15 is 0 Å². The summed E-state index contributed by atoms with van der Waals surface area (Å²) in [6.45, 7) is 1.83. The number of hydrazone groups is 1. The number of sulfonamides is 1. The molecule has 1 N–H and O–H groups in total. The van der Waals surface area contributed by atoms with Crippen LogP contribution in [0.5, 0.6) is 0 Å². The summed E-state index contributed by atoms with van der Waals surface area (Å²) in [4.78, 5) is 14.2. The van der Waals surface area contributed by atoms with Crippen LogP contribution in [0.3, 0.4) is 0 Å². The van der Waals surface area contributed by atoms with E-state index in [1.54, 1.807) is 30.3 Å². The van der Waals surface area contributed by atoms with Crippen molar-refractivity contribution in [3.63, 3.8) is 0 Å². The highest BCUT2D eigenvalue weighted by Gasteiger charge is 2.28. The first-order valence-corrected chi connectivity index (χ1v) is 11.7. The molecule has 9 heteroatoms. The Bertz CT molecular complexity index is 1000. The van der Waals surface area contributed by atoms with Gasteiger partial charge in [-0.25, -0.2) is 13.8 Å². The average Bonchev–Trinajstić information content (AvgIpc) is 2.75. The first kappa shape index (κ1) is 22.4. The van der Waals surface area contributed by atoms with Gasteiger partial charge in [0, 0.05) is 36.9 Å². The van der Waals surface area contributed by atoms with Crippen molar-refractivity contribution in [2.24, 2.45) is 5.10 Å². The molecule has 0 unspecified atom stereocenters. The summed E-state index contributed by atoms with van der Waals surface area (Å²) >= 11 is 3.31. The number of amides is 1. The smallest absolute Gasteiger partial charge is 0.254 e. The first-order valence-electron chi connectivity index (χ1n) is 9.47. The van der Waals surface area contributed by atoms with Crippen molar-refractivity contribution >= 4 is 44.2 Å². The highest BCUT2D eigenvalue weighted by Crippen LogP contribution is 2.20. The van der Waals surface area contributed by atoms with E-state index in [-0.39, 0.29) is 17.3 Å². The highest BCUT2D eigenvalue weighted by atomic mass is 79.9. The summed E-state index contributed by atoms with van der Waals surface area (Å²) in [6, 6.07) is 16.4. The van der Waals surface area contributed by atoms with Crippen LogP contribution in [-0.2, 0) is 14.8 Å². The molecule has 0 aliphatic carbocycles. The maximum absolute atomic E-state index is 12.7. The maximum Gasteiger partial charge on any atom is 0.254 e. The van der Waals surface area contributed by atoms with Crippen molar-refractivity contribution in [3.8, 4) is 0 Å². The summed E-state index contributed by atoms with van der Waals surface area (Å²) < 4.78 is 27.7. The molecule has 0 radical (unpaired) electrons. The lowest BCUT2D eigenvalue weighted by atomic mass is 10.2. The number of hydrogen-bond donors (Lipinski definition) is 1. The van der Waals surface area contributed by atoms with Crippen molar-refractivity contribution in [2.45, 2.75) is 4.90 Å². The van der Waals surface area contributed by atoms with Gasteiger partial charge >= 0.3 is 0 Å². The third kappa shape index (κ3) is 6.33. The van der Waals surface area contributed by atoms with Gasteiger partial charge < -0.3 is 0 Å². The Labute approximate surface area is 185 Å². The Morgan fingerprint density at radius 1 is 1.03 bits per heavy atom. The van der Waals surface area contributed by atoms with Crippen LogP contribution in [0.2, 0.25) is 0 Å². The zero-order chi connectivity index (χ0) is 21.4. The summed E-state index contributed by atoms with van der Waals surface area (Å²) in [7, 11) is -3.52. The van der Waals surface area contributed by atoms with Crippen molar-refractivity contribution in [1.29, 1.82) is 0 Å². The Morgan fingerprint density at radius 3 is 2.37 bits per heavy atom. The van der Waals surface area contributed by atoms with E-state index in [2.05, 4.69) is 26.5 Å². The molecule has 1 saturated heterocycles. The molecule has 2 aromatic carbocycles. The van der Waals surface area contributed by atoms with Gasteiger partial charge in [-0.2, -0.15) is 9.41 Å². The number of benzene rings is 2. The second kappa shape index (κ2) is 10.6. The summed E-state index contributed by atoms with van der Waals surface area (Å²) in [6.07, 6.45) is 5.16. The fourth-order valence-electron chi connectivity index (χ4n) is 2.99. The number of allylic oxidation sites excluding steroid dienone is 1. The van der Waals surface area contributed by atoms with Crippen molar-refractivity contribution in [1.82, 2.24) is 14.6 Å².